The standard InChI is InChI=1S/C25H21BClN5O3/c1-35-23-6-5-17(27)13-21(23)30-25(34)29-20-3-2-4-22-19(20)8-11-31(22)14-16-7-10-28-24-18(16)9-12-32(24)26-15-33/h2-13,15,26H,14H2,1H3,(H2,29,30,34). The lowest BCUT2D eigenvalue weighted by Gasteiger charge is -2.13. The summed E-state index contributed by atoms with van der Waals surface area (Å²) in [7, 11) is 1.80. The van der Waals surface area contributed by atoms with E-state index in [1.54, 1.807) is 24.4 Å². The maximum absolute atomic E-state index is 12.7. The van der Waals surface area contributed by atoms with Gasteiger partial charge in [-0.1, -0.05) is 17.7 Å². The SMILES string of the molecule is COc1ccc(Cl)cc1NC(=O)Nc1cccc2c1ccn2Cc1ccnc2c1ccn2BC=O. The van der Waals surface area contributed by atoms with Crippen molar-refractivity contribution >= 4 is 64.5 Å². The summed E-state index contributed by atoms with van der Waals surface area (Å²) in [5.41, 5.74) is 3.99. The van der Waals surface area contributed by atoms with Crippen molar-refractivity contribution in [2.45, 2.75) is 6.54 Å². The molecular formula is C25H21BClN5O3. The van der Waals surface area contributed by atoms with E-state index in [1.807, 2.05) is 53.3 Å². The van der Waals surface area contributed by atoms with Gasteiger partial charge in [0.25, 0.3) is 0 Å². The molecule has 35 heavy (non-hydrogen) atoms. The van der Waals surface area contributed by atoms with Crippen molar-refractivity contribution in [2.24, 2.45) is 0 Å². The Balaban J connectivity index is 1.40. The lowest BCUT2D eigenvalue weighted by atomic mass is 9.98. The number of rotatable bonds is 7. The summed E-state index contributed by atoms with van der Waals surface area (Å²) in [6.07, 6.45) is 6.48. The van der Waals surface area contributed by atoms with Crippen LogP contribution in [0.2, 0.25) is 5.02 Å². The number of urea groups is 1. The van der Waals surface area contributed by atoms with E-state index in [0.717, 1.165) is 33.7 Å². The topological polar surface area (TPSA) is 90.2 Å². The predicted octanol–water partition coefficient (Wildman–Crippen LogP) is 4.74. The van der Waals surface area contributed by atoms with Crippen molar-refractivity contribution in [3.05, 3.63) is 83.8 Å². The Morgan fingerprint density at radius 1 is 1.09 bits per heavy atom. The van der Waals surface area contributed by atoms with Gasteiger partial charge in [-0.25, -0.2) is 9.78 Å². The summed E-state index contributed by atoms with van der Waals surface area (Å²) in [5.74, 6) is 0.513. The maximum atomic E-state index is 12.7. The van der Waals surface area contributed by atoms with E-state index >= 15 is 0 Å². The van der Waals surface area contributed by atoms with E-state index in [-0.39, 0.29) is 7.41 Å². The minimum Gasteiger partial charge on any atom is -0.495 e. The largest absolute Gasteiger partial charge is 0.495 e. The number of nitrogens with zero attached hydrogens (tertiary/aromatic N) is 3. The Morgan fingerprint density at radius 3 is 2.74 bits per heavy atom. The van der Waals surface area contributed by atoms with Crippen LogP contribution in [0.15, 0.2) is 73.2 Å². The highest BCUT2D eigenvalue weighted by Crippen LogP contribution is 2.29. The number of amides is 2. The van der Waals surface area contributed by atoms with Gasteiger partial charge in [-0.3, -0.25) is 0 Å². The fourth-order valence-electron chi connectivity index (χ4n) is 4.22. The first-order valence-corrected chi connectivity index (χ1v) is 11.3. The quantitative estimate of drug-likeness (QED) is 0.257. The first-order valence-electron chi connectivity index (χ1n) is 10.9. The smallest absolute Gasteiger partial charge is 0.323 e. The van der Waals surface area contributed by atoms with E-state index in [2.05, 4.69) is 20.2 Å². The number of methoxy groups -OCH3 is 1. The average Bonchev–Trinajstić information content (AvgIpc) is 3.45. The number of hydrogen-bond donors (Lipinski definition) is 2. The van der Waals surface area contributed by atoms with Gasteiger partial charge in [0.1, 0.15) is 17.6 Å². The van der Waals surface area contributed by atoms with Gasteiger partial charge in [-0.15, -0.1) is 0 Å². The molecule has 10 heteroatoms. The summed E-state index contributed by atoms with van der Waals surface area (Å²) >= 11 is 6.07. The van der Waals surface area contributed by atoms with E-state index in [0.29, 0.717) is 28.7 Å². The Morgan fingerprint density at radius 2 is 1.91 bits per heavy atom. The molecule has 0 aliphatic heterocycles. The fourth-order valence-corrected chi connectivity index (χ4v) is 4.39. The molecule has 0 atom stereocenters. The van der Waals surface area contributed by atoms with Gasteiger partial charge in [0, 0.05) is 34.7 Å². The van der Waals surface area contributed by atoms with E-state index in [9.17, 15) is 9.59 Å². The molecule has 0 aliphatic rings. The molecule has 0 saturated heterocycles. The van der Waals surface area contributed by atoms with Crippen molar-refractivity contribution in [1.29, 1.82) is 0 Å². The van der Waals surface area contributed by atoms with Gasteiger partial charge in [-0.2, -0.15) is 0 Å². The van der Waals surface area contributed by atoms with Gasteiger partial charge in [0.2, 0.25) is 0 Å². The Hall–Kier alpha value is -4.24. The van der Waals surface area contributed by atoms with Crippen LogP contribution in [-0.4, -0.2) is 40.8 Å². The van der Waals surface area contributed by atoms with Crippen LogP contribution in [0.4, 0.5) is 16.2 Å². The molecule has 0 radical (unpaired) electrons. The molecule has 174 valence electrons. The number of carbonyl (C=O) groups is 2. The summed E-state index contributed by atoms with van der Waals surface area (Å²) < 4.78 is 9.24. The summed E-state index contributed by atoms with van der Waals surface area (Å²) in [6, 6.07) is 16.3. The first kappa shape index (κ1) is 22.6. The van der Waals surface area contributed by atoms with Crippen molar-refractivity contribution < 1.29 is 14.3 Å². The third kappa shape index (κ3) is 4.46. The molecular weight excluding hydrogens is 465 g/mol. The lowest BCUT2D eigenvalue weighted by Crippen LogP contribution is -2.20. The third-order valence-electron chi connectivity index (χ3n) is 5.84. The summed E-state index contributed by atoms with van der Waals surface area (Å²) in [5, 5.41) is 8.11. The zero-order chi connectivity index (χ0) is 24.4. The molecule has 0 aliphatic carbocycles. The second kappa shape index (κ2) is 9.56. The van der Waals surface area contributed by atoms with Crippen LogP contribution < -0.4 is 15.4 Å². The Labute approximate surface area is 206 Å². The van der Waals surface area contributed by atoms with Crippen LogP contribution >= 0.6 is 11.6 Å². The molecule has 0 fully saturated rings. The normalized spacial score (nSPS) is 10.9. The van der Waals surface area contributed by atoms with E-state index < -0.39 is 6.03 Å². The highest BCUT2D eigenvalue weighted by atomic mass is 35.5. The highest BCUT2D eigenvalue weighted by molar-refractivity contribution is 6.66. The van der Waals surface area contributed by atoms with Crippen LogP contribution in [0.25, 0.3) is 21.9 Å². The van der Waals surface area contributed by atoms with Crippen molar-refractivity contribution in [2.75, 3.05) is 17.7 Å². The Kier molecular flexibility index (Phi) is 6.16. The lowest BCUT2D eigenvalue weighted by molar-refractivity contribution is 0.262. The minimum absolute atomic E-state index is 0.268. The number of hydrogen-bond acceptors (Lipinski definition) is 4. The number of pyridine rings is 1. The summed E-state index contributed by atoms with van der Waals surface area (Å²) in [4.78, 5) is 28.1. The number of benzene rings is 2. The molecule has 0 saturated carbocycles. The minimum atomic E-state index is -0.404. The first-order chi connectivity index (χ1) is 17.1. The summed E-state index contributed by atoms with van der Waals surface area (Å²) in [6.45, 7) is 0.614. The Bertz CT molecular complexity index is 1560. The van der Waals surface area contributed by atoms with Crippen LogP contribution in [-0.2, 0) is 11.3 Å². The average molecular weight is 486 g/mol. The monoisotopic (exact) mass is 485 g/mol. The molecule has 2 amide bonds. The fraction of sp³-hybridized carbons (Fsp3) is 0.0800. The number of aromatic nitrogens is 3. The molecule has 3 aromatic heterocycles. The van der Waals surface area contributed by atoms with E-state index in [4.69, 9.17) is 16.3 Å². The second-order valence-electron chi connectivity index (χ2n) is 7.95. The maximum Gasteiger partial charge on any atom is 0.323 e. The number of nitrogens with one attached hydrogen (secondary N) is 2. The van der Waals surface area contributed by atoms with Crippen LogP contribution in [0.5, 0.6) is 5.75 Å². The molecule has 0 bridgehead atoms. The molecule has 3 heterocycles. The van der Waals surface area contributed by atoms with Crippen LogP contribution in [0.3, 0.4) is 0 Å². The third-order valence-corrected chi connectivity index (χ3v) is 6.07. The molecule has 2 aromatic carbocycles. The number of halogens is 1. The zero-order valence-corrected chi connectivity index (χ0v) is 19.6. The molecule has 5 rings (SSSR count). The number of ether oxygens (including phenoxy) is 1. The zero-order valence-electron chi connectivity index (χ0n) is 18.9. The number of carbonyl (C=O) groups excluding carboxylic acids is 2. The van der Waals surface area contributed by atoms with Crippen LogP contribution in [0, 0.1) is 0 Å². The van der Waals surface area contributed by atoms with Gasteiger partial charge in [0.05, 0.1) is 24.0 Å². The van der Waals surface area contributed by atoms with E-state index in [1.165, 1.54) is 7.11 Å². The van der Waals surface area contributed by atoms with Gasteiger partial charge >= 0.3 is 13.4 Å². The van der Waals surface area contributed by atoms with Gasteiger partial charge in [0.15, 0.2) is 0 Å². The molecule has 2 N–H and O–H groups in total. The highest BCUT2D eigenvalue weighted by Gasteiger charge is 2.13. The second-order valence-corrected chi connectivity index (χ2v) is 8.38. The molecule has 8 nitrogen and oxygen atoms in total. The predicted molar refractivity (Wildman–Crippen MR) is 141 cm³/mol. The molecule has 0 spiro atoms. The molecule has 0 unspecified atom stereocenters. The van der Waals surface area contributed by atoms with Gasteiger partial charge < -0.3 is 29.2 Å². The number of anilines is 2. The number of fused-ring (bicyclic) bond motifs is 2. The van der Waals surface area contributed by atoms with Crippen LogP contribution in [0.1, 0.15) is 5.56 Å². The van der Waals surface area contributed by atoms with Crippen molar-refractivity contribution in [3.8, 4) is 5.75 Å². The van der Waals surface area contributed by atoms with Gasteiger partial charge in [-0.05, 0) is 60.3 Å². The van der Waals surface area contributed by atoms with Crippen molar-refractivity contribution in [1.82, 2.24) is 14.0 Å². The van der Waals surface area contributed by atoms with Crippen molar-refractivity contribution in [3.63, 3.8) is 0 Å². The molecule has 5 aromatic rings.